The van der Waals surface area contributed by atoms with Crippen molar-refractivity contribution in [1.29, 1.82) is 0 Å². The molecule has 0 N–H and O–H groups in total. The molecule has 108 valence electrons. The zero-order valence-electron chi connectivity index (χ0n) is 11.5. The van der Waals surface area contributed by atoms with E-state index in [1.54, 1.807) is 24.3 Å². The standard InChI is InChI=1S/C14H13N3O3S/c1-10-3-8-14-13(9-10)15-16-17(14)21(18,19)12-6-4-11(20-2)5-7-12/h3-9H,1-2H3. The van der Waals surface area contributed by atoms with E-state index in [0.717, 1.165) is 9.65 Å². The molecule has 0 amide bonds. The Morgan fingerprint density at radius 3 is 2.48 bits per heavy atom. The first-order chi connectivity index (χ1) is 10.0. The molecule has 0 saturated carbocycles. The molecule has 3 aromatic rings. The molecule has 0 aliphatic rings. The minimum Gasteiger partial charge on any atom is -0.497 e. The summed E-state index contributed by atoms with van der Waals surface area (Å²) in [5.74, 6) is 0.591. The van der Waals surface area contributed by atoms with E-state index in [9.17, 15) is 8.42 Å². The van der Waals surface area contributed by atoms with Crippen molar-refractivity contribution < 1.29 is 13.2 Å². The molecule has 0 bridgehead atoms. The Morgan fingerprint density at radius 1 is 1.10 bits per heavy atom. The minimum absolute atomic E-state index is 0.135. The molecule has 0 radical (unpaired) electrons. The highest BCUT2D eigenvalue weighted by atomic mass is 32.2. The van der Waals surface area contributed by atoms with E-state index in [2.05, 4.69) is 10.3 Å². The topological polar surface area (TPSA) is 74.1 Å². The van der Waals surface area contributed by atoms with E-state index >= 15 is 0 Å². The predicted molar refractivity (Wildman–Crippen MR) is 77.8 cm³/mol. The van der Waals surface area contributed by atoms with Gasteiger partial charge in [-0.05, 0) is 48.9 Å². The first-order valence-corrected chi connectivity index (χ1v) is 7.68. The molecular weight excluding hydrogens is 290 g/mol. The van der Waals surface area contributed by atoms with Gasteiger partial charge in [0.2, 0.25) is 0 Å². The van der Waals surface area contributed by atoms with Crippen LogP contribution in [0, 0.1) is 6.92 Å². The highest BCUT2D eigenvalue weighted by Crippen LogP contribution is 2.21. The molecule has 1 aromatic heterocycles. The average Bonchev–Trinajstić information content (AvgIpc) is 2.91. The monoisotopic (exact) mass is 303 g/mol. The molecule has 0 unspecified atom stereocenters. The molecule has 0 aliphatic heterocycles. The first-order valence-electron chi connectivity index (χ1n) is 6.24. The normalized spacial score (nSPS) is 11.7. The van der Waals surface area contributed by atoms with Crippen LogP contribution in [0.1, 0.15) is 5.56 Å². The number of hydrogen-bond acceptors (Lipinski definition) is 5. The first kappa shape index (κ1) is 13.6. The number of rotatable bonds is 3. The van der Waals surface area contributed by atoms with Gasteiger partial charge >= 0.3 is 0 Å². The second kappa shape index (κ2) is 4.85. The minimum atomic E-state index is -3.77. The van der Waals surface area contributed by atoms with Gasteiger partial charge in [-0.2, -0.15) is 8.42 Å². The van der Waals surface area contributed by atoms with Gasteiger partial charge in [-0.15, -0.1) is 9.19 Å². The van der Waals surface area contributed by atoms with E-state index in [0.29, 0.717) is 16.8 Å². The van der Waals surface area contributed by atoms with Gasteiger partial charge in [0.25, 0.3) is 10.0 Å². The quantitative estimate of drug-likeness (QED) is 0.739. The van der Waals surface area contributed by atoms with E-state index in [1.807, 2.05) is 13.0 Å². The molecule has 0 fully saturated rings. The number of hydrogen-bond donors (Lipinski definition) is 0. The van der Waals surface area contributed by atoms with Crippen LogP contribution in [-0.4, -0.2) is 29.9 Å². The van der Waals surface area contributed by atoms with E-state index in [1.165, 1.54) is 19.2 Å². The van der Waals surface area contributed by atoms with Gasteiger partial charge in [-0.1, -0.05) is 11.3 Å². The van der Waals surface area contributed by atoms with Crippen molar-refractivity contribution in [2.45, 2.75) is 11.8 Å². The van der Waals surface area contributed by atoms with Crippen molar-refractivity contribution in [2.24, 2.45) is 0 Å². The summed E-state index contributed by atoms with van der Waals surface area (Å²) in [5, 5.41) is 7.69. The Kier molecular flexibility index (Phi) is 3.13. The number of fused-ring (bicyclic) bond motifs is 1. The maximum atomic E-state index is 12.6. The highest BCUT2D eigenvalue weighted by Gasteiger charge is 2.21. The Labute approximate surface area is 122 Å². The number of ether oxygens (including phenoxy) is 1. The Morgan fingerprint density at radius 2 is 1.81 bits per heavy atom. The molecule has 0 saturated heterocycles. The maximum Gasteiger partial charge on any atom is 0.284 e. The third kappa shape index (κ3) is 2.25. The largest absolute Gasteiger partial charge is 0.497 e. The lowest BCUT2D eigenvalue weighted by molar-refractivity contribution is 0.414. The average molecular weight is 303 g/mol. The van der Waals surface area contributed by atoms with Gasteiger partial charge in [-0.3, -0.25) is 0 Å². The van der Waals surface area contributed by atoms with Crippen molar-refractivity contribution in [1.82, 2.24) is 14.4 Å². The Hall–Kier alpha value is -2.41. The van der Waals surface area contributed by atoms with Crippen LogP contribution in [0.4, 0.5) is 0 Å². The molecule has 0 atom stereocenters. The molecule has 7 heteroatoms. The summed E-state index contributed by atoms with van der Waals surface area (Å²) >= 11 is 0. The Bertz CT molecular complexity index is 899. The van der Waals surface area contributed by atoms with Gasteiger partial charge in [0, 0.05) is 0 Å². The predicted octanol–water partition coefficient (Wildman–Crippen LogP) is 1.99. The molecule has 1 heterocycles. The van der Waals surface area contributed by atoms with Crippen molar-refractivity contribution >= 4 is 21.1 Å². The molecule has 2 aromatic carbocycles. The van der Waals surface area contributed by atoms with Crippen LogP contribution >= 0.6 is 0 Å². The second-order valence-electron chi connectivity index (χ2n) is 4.61. The Balaban J connectivity index is 2.15. The van der Waals surface area contributed by atoms with Crippen LogP contribution in [-0.2, 0) is 10.0 Å². The zero-order valence-corrected chi connectivity index (χ0v) is 12.3. The van der Waals surface area contributed by atoms with Crippen LogP contribution < -0.4 is 4.74 Å². The fraction of sp³-hybridized carbons (Fsp3) is 0.143. The summed E-state index contributed by atoms with van der Waals surface area (Å²) in [6.45, 7) is 1.91. The van der Waals surface area contributed by atoms with Crippen LogP contribution in [0.25, 0.3) is 11.0 Å². The summed E-state index contributed by atoms with van der Waals surface area (Å²) in [5.41, 5.74) is 2.00. The molecule has 21 heavy (non-hydrogen) atoms. The lowest BCUT2D eigenvalue weighted by Gasteiger charge is -2.06. The highest BCUT2D eigenvalue weighted by molar-refractivity contribution is 7.90. The van der Waals surface area contributed by atoms with Crippen LogP contribution in [0.3, 0.4) is 0 Å². The molecule has 0 aliphatic carbocycles. The molecule has 0 spiro atoms. The molecule has 3 rings (SSSR count). The zero-order chi connectivity index (χ0) is 15.0. The lowest BCUT2D eigenvalue weighted by atomic mass is 10.2. The van der Waals surface area contributed by atoms with Gasteiger partial charge < -0.3 is 4.74 Å². The van der Waals surface area contributed by atoms with Gasteiger partial charge in [0.15, 0.2) is 0 Å². The van der Waals surface area contributed by atoms with Crippen molar-refractivity contribution in [3.63, 3.8) is 0 Å². The number of benzene rings is 2. The third-order valence-corrected chi connectivity index (χ3v) is 4.75. The lowest BCUT2D eigenvalue weighted by Crippen LogP contribution is -2.14. The van der Waals surface area contributed by atoms with E-state index in [-0.39, 0.29) is 4.90 Å². The smallest absolute Gasteiger partial charge is 0.284 e. The molecular formula is C14H13N3O3S. The van der Waals surface area contributed by atoms with Gasteiger partial charge in [-0.25, -0.2) is 0 Å². The van der Waals surface area contributed by atoms with Crippen LogP contribution in [0.15, 0.2) is 47.4 Å². The number of aryl methyl sites for hydroxylation is 1. The summed E-state index contributed by atoms with van der Waals surface area (Å²) in [7, 11) is -2.25. The van der Waals surface area contributed by atoms with Gasteiger partial charge in [0.1, 0.15) is 16.8 Å². The summed E-state index contributed by atoms with van der Waals surface area (Å²) in [6.07, 6.45) is 0. The van der Waals surface area contributed by atoms with E-state index < -0.39 is 10.0 Å². The van der Waals surface area contributed by atoms with Gasteiger partial charge in [0.05, 0.1) is 12.0 Å². The summed E-state index contributed by atoms with van der Waals surface area (Å²) in [6, 6.07) is 11.5. The fourth-order valence-corrected chi connectivity index (χ4v) is 3.26. The summed E-state index contributed by atoms with van der Waals surface area (Å²) < 4.78 is 31.2. The SMILES string of the molecule is COc1ccc(S(=O)(=O)n2nnc3cc(C)ccc32)cc1. The number of methoxy groups -OCH3 is 1. The van der Waals surface area contributed by atoms with Crippen molar-refractivity contribution in [3.8, 4) is 5.75 Å². The van der Waals surface area contributed by atoms with E-state index in [4.69, 9.17) is 4.74 Å². The number of aromatic nitrogens is 3. The fourth-order valence-electron chi connectivity index (χ4n) is 2.04. The second-order valence-corrected chi connectivity index (χ2v) is 6.37. The van der Waals surface area contributed by atoms with Crippen LogP contribution in [0.5, 0.6) is 5.75 Å². The maximum absolute atomic E-state index is 12.6. The summed E-state index contributed by atoms with van der Waals surface area (Å²) in [4.78, 5) is 0.135. The van der Waals surface area contributed by atoms with Crippen molar-refractivity contribution in [2.75, 3.05) is 7.11 Å². The van der Waals surface area contributed by atoms with Crippen LogP contribution in [0.2, 0.25) is 0 Å². The molecule has 6 nitrogen and oxygen atoms in total. The van der Waals surface area contributed by atoms with Crippen molar-refractivity contribution in [3.05, 3.63) is 48.0 Å². The third-order valence-electron chi connectivity index (χ3n) is 3.16. The number of nitrogens with zero attached hydrogens (tertiary/aromatic N) is 3.